The summed E-state index contributed by atoms with van der Waals surface area (Å²) in [6, 6.07) is 4.08. The highest BCUT2D eigenvalue weighted by molar-refractivity contribution is 9.10. The predicted octanol–water partition coefficient (Wildman–Crippen LogP) is 2.28. The molecule has 4 heteroatoms. The molecule has 0 unspecified atom stereocenters. The maximum Gasteiger partial charge on any atom is 0.128 e. The first-order valence-electron chi connectivity index (χ1n) is 5.29. The van der Waals surface area contributed by atoms with Crippen LogP contribution in [-0.2, 0) is 0 Å². The van der Waals surface area contributed by atoms with Crippen molar-refractivity contribution in [2.45, 2.75) is 13.3 Å². The van der Waals surface area contributed by atoms with Gasteiger partial charge >= 0.3 is 0 Å². The molecular weight excluding hydrogens is 254 g/mol. The number of anilines is 1. The van der Waals surface area contributed by atoms with Crippen molar-refractivity contribution in [3.63, 3.8) is 0 Å². The lowest BCUT2D eigenvalue weighted by atomic mass is 10.3. The summed E-state index contributed by atoms with van der Waals surface area (Å²) in [6.45, 7) is 5.22. The first kappa shape index (κ1) is 12.5. The van der Waals surface area contributed by atoms with Crippen LogP contribution in [0.5, 0.6) is 0 Å². The molecule has 0 saturated heterocycles. The monoisotopic (exact) mass is 271 g/mol. The minimum Gasteiger partial charge on any atom is -0.355 e. The fraction of sp³-hybridized carbons (Fsp3) is 0.545. The predicted molar refractivity (Wildman–Crippen MR) is 68.4 cm³/mol. The molecule has 0 aliphatic heterocycles. The summed E-state index contributed by atoms with van der Waals surface area (Å²) in [5, 5.41) is 3.16. The largest absolute Gasteiger partial charge is 0.355 e. The number of pyridine rings is 1. The molecule has 1 N–H and O–H groups in total. The third-order valence-electron chi connectivity index (χ3n) is 2.16. The van der Waals surface area contributed by atoms with Crippen LogP contribution in [-0.4, -0.2) is 31.7 Å². The second kappa shape index (κ2) is 6.80. The van der Waals surface area contributed by atoms with Crippen molar-refractivity contribution in [3.8, 4) is 0 Å². The van der Waals surface area contributed by atoms with Crippen molar-refractivity contribution in [1.82, 2.24) is 10.3 Å². The van der Waals surface area contributed by atoms with Crippen molar-refractivity contribution >= 4 is 21.7 Å². The lowest BCUT2D eigenvalue weighted by Crippen LogP contribution is -2.32. The first-order valence-corrected chi connectivity index (χ1v) is 6.08. The molecule has 0 aromatic carbocycles. The van der Waals surface area contributed by atoms with Gasteiger partial charge in [0.05, 0.1) is 0 Å². The fourth-order valence-corrected chi connectivity index (χ4v) is 1.65. The number of halogens is 1. The van der Waals surface area contributed by atoms with E-state index in [1.807, 2.05) is 19.3 Å². The molecule has 15 heavy (non-hydrogen) atoms. The van der Waals surface area contributed by atoms with Crippen LogP contribution in [0.15, 0.2) is 22.8 Å². The highest BCUT2D eigenvalue weighted by Crippen LogP contribution is 2.14. The average Bonchev–Trinajstić information content (AvgIpc) is 2.25. The topological polar surface area (TPSA) is 28.2 Å². The summed E-state index contributed by atoms with van der Waals surface area (Å²) in [5.74, 6) is 1.05. The quantitative estimate of drug-likeness (QED) is 0.861. The van der Waals surface area contributed by atoms with Gasteiger partial charge in [-0.1, -0.05) is 6.92 Å². The van der Waals surface area contributed by atoms with Gasteiger partial charge in [0, 0.05) is 30.3 Å². The maximum atomic E-state index is 4.40. The summed E-state index contributed by atoms with van der Waals surface area (Å²) < 4.78 is 1.02. The Labute approximate surface area is 100 Å². The van der Waals surface area contributed by atoms with Gasteiger partial charge in [0.1, 0.15) is 5.82 Å². The number of hydrogen-bond donors (Lipinski definition) is 1. The van der Waals surface area contributed by atoms with Gasteiger partial charge in [-0.25, -0.2) is 4.98 Å². The molecule has 1 aromatic heterocycles. The Morgan fingerprint density at radius 2 is 2.20 bits per heavy atom. The van der Waals surface area contributed by atoms with Crippen LogP contribution in [0.25, 0.3) is 0 Å². The van der Waals surface area contributed by atoms with E-state index < -0.39 is 0 Å². The first-order chi connectivity index (χ1) is 7.27. The molecule has 1 rings (SSSR count). The summed E-state index contributed by atoms with van der Waals surface area (Å²) in [5.41, 5.74) is 0. The highest BCUT2D eigenvalue weighted by Gasteiger charge is 2.05. The summed E-state index contributed by atoms with van der Waals surface area (Å²) in [4.78, 5) is 6.70. The van der Waals surface area contributed by atoms with Crippen LogP contribution < -0.4 is 10.2 Å². The molecule has 3 nitrogen and oxygen atoms in total. The van der Waals surface area contributed by atoms with E-state index in [1.165, 1.54) is 0 Å². The molecule has 0 fully saturated rings. The van der Waals surface area contributed by atoms with E-state index in [-0.39, 0.29) is 0 Å². The lowest BCUT2D eigenvalue weighted by Gasteiger charge is -2.22. The molecule has 0 radical (unpaired) electrons. The molecule has 1 heterocycles. The molecule has 0 aliphatic rings. The van der Waals surface area contributed by atoms with Gasteiger partial charge in [-0.05, 0) is 41.5 Å². The second-order valence-corrected chi connectivity index (χ2v) is 4.34. The number of nitrogens with one attached hydrogen (secondary N) is 1. The van der Waals surface area contributed by atoms with Gasteiger partial charge in [0.2, 0.25) is 0 Å². The molecule has 0 aliphatic carbocycles. The van der Waals surface area contributed by atoms with E-state index >= 15 is 0 Å². The molecule has 0 saturated carbocycles. The Balaban J connectivity index is 2.65. The van der Waals surface area contributed by atoms with Crippen LogP contribution in [0.4, 0.5) is 5.82 Å². The fourth-order valence-electron chi connectivity index (χ4n) is 1.41. The zero-order valence-electron chi connectivity index (χ0n) is 9.33. The van der Waals surface area contributed by atoms with E-state index in [9.17, 15) is 0 Å². The highest BCUT2D eigenvalue weighted by atomic mass is 79.9. The molecule has 0 amide bonds. The van der Waals surface area contributed by atoms with E-state index in [2.05, 4.69) is 44.1 Å². The van der Waals surface area contributed by atoms with Crippen molar-refractivity contribution in [1.29, 1.82) is 0 Å². The normalized spacial score (nSPS) is 10.3. The Morgan fingerprint density at radius 1 is 1.40 bits per heavy atom. The van der Waals surface area contributed by atoms with Gasteiger partial charge in [-0.3, -0.25) is 0 Å². The van der Waals surface area contributed by atoms with Crippen molar-refractivity contribution in [2.24, 2.45) is 0 Å². The van der Waals surface area contributed by atoms with Gasteiger partial charge < -0.3 is 10.2 Å². The van der Waals surface area contributed by atoms with Crippen molar-refractivity contribution in [3.05, 3.63) is 22.8 Å². The van der Waals surface area contributed by atoms with Crippen LogP contribution in [0.1, 0.15) is 13.3 Å². The minimum absolute atomic E-state index is 0.984. The SMILES string of the molecule is CCCN(CCNC)c1ccc(Br)cn1. The summed E-state index contributed by atoms with van der Waals surface area (Å²) in [7, 11) is 1.97. The third kappa shape index (κ3) is 4.18. The number of likely N-dealkylation sites (N-methyl/N-ethyl adjacent to an activating group) is 1. The van der Waals surface area contributed by atoms with Crippen LogP contribution in [0.2, 0.25) is 0 Å². The summed E-state index contributed by atoms with van der Waals surface area (Å²) in [6.07, 6.45) is 2.98. The zero-order valence-corrected chi connectivity index (χ0v) is 10.9. The smallest absolute Gasteiger partial charge is 0.128 e. The number of hydrogen-bond acceptors (Lipinski definition) is 3. The Hall–Kier alpha value is -0.610. The van der Waals surface area contributed by atoms with Gasteiger partial charge in [0.25, 0.3) is 0 Å². The molecule has 0 atom stereocenters. The van der Waals surface area contributed by atoms with Crippen molar-refractivity contribution < 1.29 is 0 Å². The zero-order chi connectivity index (χ0) is 11.1. The maximum absolute atomic E-state index is 4.40. The number of rotatable bonds is 6. The minimum atomic E-state index is 0.984. The molecule has 0 bridgehead atoms. The lowest BCUT2D eigenvalue weighted by molar-refractivity contribution is 0.702. The van der Waals surface area contributed by atoms with E-state index in [4.69, 9.17) is 0 Å². The average molecular weight is 272 g/mol. The molecule has 1 aromatic rings. The van der Waals surface area contributed by atoms with E-state index in [0.29, 0.717) is 0 Å². The van der Waals surface area contributed by atoms with Gasteiger partial charge in [-0.2, -0.15) is 0 Å². The Bertz CT molecular complexity index is 274. The Morgan fingerprint density at radius 3 is 2.73 bits per heavy atom. The second-order valence-electron chi connectivity index (χ2n) is 3.43. The van der Waals surface area contributed by atoms with E-state index in [1.54, 1.807) is 0 Å². The number of aromatic nitrogens is 1. The van der Waals surface area contributed by atoms with E-state index in [0.717, 1.165) is 36.3 Å². The molecule has 0 spiro atoms. The van der Waals surface area contributed by atoms with Crippen LogP contribution >= 0.6 is 15.9 Å². The molecule has 84 valence electrons. The Kier molecular flexibility index (Phi) is 5.65. The van der Waals surface area contributed by atoms with Gasteiger partial charge in [-0.15, -0.1) is 0 Å². The third-order valence-corrected chi connectivity index (χ3v) is 2.63. The molecular formula is C11H18BrN3. The van der Waals surface area contributed by atoms with Crippen molar-refractivity contribution in [2.75, 3.05) is 31.6 Å². The van der Waals surface area contributed by atoms with Crippen LogP contribution in [0.3, 0.4) is 0 Å². The number of nitrogens with zero attached hydrogens (tertiary/aromatic N) is 2. The summed E-state index contributed by atoms with van der Waals surface area (Å²) >= 11 is 3.39. The van der Waals surface area contributed by atoms with Crippen LogP contribution in [0, 0.1) is 0 Å². The van der Waals surface area contributed by atoms with Gasteiger partial charge in [0.15, 0.2) is 0 Å². The standard InChI is InChI=1S/C11H18BrN3/c1-3-7-15(8-6-13-2)11-5-4-10(12)9-14-11/h4-5,9,13H,3,6-8H2,1-2H3.